The van der Waals surface area contributed by atoms with Gasteiger partial charge in [-0.15, -0.1) is 0 Å². The van der Waals surface area contributed by atoms with Gasteiger partial charge < -0.3 is 10.1 Å². The van der Waals surface area contributed by atoms with Gasteiger partial charge in [0, 0.05) is 19.7 Å². The molecule has 1 aliphatic carbocycles. The Hall–Kier alpha value is -0.0800. The fourth-order valence-corrected chi connectivity index (χ4v) is 2.32. The molecule has 0 aliphatic heterocycles. The number of hydrogen-bond acceptors (Lipinski definition) is 2. The monoisotopic (exact) mass is 199 g/mol. The molecule has 1 atom stereocenters. The third-order valence-corrected chi connectivity index (χ3v) is 3.49. The highest BCUT2D eigenvalue weighted by Crippen LogP contribution is 2.36. The molecule has 2 heteroatoms. The minimum Gasteiger partial charge on any atom is -0.383 e. The standard InChI is InChI=1S/C12H25NO/c1-4-11(9-14-3)13-10-12(2)7-5-6-8-12/h11,13H,4-10H2,1-3H3. The molecule has 1 fully saturated rings. The van der Waals surface area contributed by atoms with Crippen LogP contribution in [0.1, 0.15) is 46.0 Å². The van der Waals surface area contributed by atoms with E-state index in [-0.39, 0.29) is 0 Å². The number of rotatable bonds is 6. The van der Waals surface area contributed by atoms with E-state index in [0.717, 1.165) is 19.6 Å². The smallest absolute Gasteiger partial charge is 0.0615 e. The molecule has 2 nitrogen and oxygen atoms in total. The number of methoxy groups -OCH3 is 1. The van der Waals surface area contributed by atoms with Crippen molar-refractivity contribution in [3.63, 3.8) is 0 Å². The predicted octanol–water partition coefficient (Wildman–Crippen LogP) is 2.58. The third-order valence-electron chi connectivity index (χ3n) is 3.49. The zero-order valence-electron chi connectivity index (χ0n) is 9.94. The van der Waals surface area contributed by atoms with Crippen LogP contribution in [-0.4, -0.2) is 26.3 Å². The van der Waals surface area contributed by atoms with Gasteiger partial charge in [-0.25, -0.2) is 0 Å². The maximum Gasteiger partial charge on any atom is 0.0615 e. The second kappa shape index (κ2) is 5.72. The summed E-state index contributed by atoms with van der Waals surface area (Å²) in [5.41, 5.74) is 0.557. The summed E-state index contributed by atoms with van der Waals surface area (Å²) >= 11 is 0. The molecule has 14 heavy (non-hydrogen) atoms. The lowest BCUT2D eigenvalue weighted by molar-refractivity contribution is 0.155. The van der Waals surface area contributed by atoms with Crippen LogP contribution in [0.4, 0.5) is 0 Å². The Morgan fingerprint density at radius 3 is 2.50 bits per heavy atom. The molecule has 1 saturated carbocycles. The first-order chi connectivity index (χ1) is 6.70. The maximum absolute atomic E-state index is 5.18. The summed E-state index contributed by atoms with van der Waals surface area (Å²) in [6.45, 7) is 6.63. The summed E-state index contributed by atoms with van der Waals surface area (Å²) in [4.78, 5) is 0. The van der Waals surface area contributed by atoms with Crippen molar-refractivity contribution in [1.82, 2.24) is 5.32 Å². The van der Waals surface area contributed by atoms with Gasteiger partial charge in [0.05, 0.1) is 6.61 Å². The van der Waals surface area contributed by atoms with E-state index >= 15 is 0 Å². The molecule has 1 N–H and O–H groups in total. The fraction of sp³-hybridized carbons (Fsp3) is 1.00. The molecule has 0 amide bonds. The Kier molecular flexibility index (Phi) is 4.90. The summed E-state index contributed by atoms with van der Waals surface area (Å²) in [6, 6.07) is 0.539. The van der Waals surface area contributed by atoms with Crippen molar-refractivity contribution in [2.24, 2.45) is 5.41 Å². The van der Waals surface area contributed by atoms with Gasteiger partial charge in [-0.2, -0.15) is 0 Å². The number of hydrogen-bond donors (Lipinski definition) is 1. The van der Waals surface area contributed by atoms with Crippen LogP contribution in [0, 0.1) is 5.41 Å². The first-order valence-corrected chi connectivity index (χ1v) is 5.92. The van der Waals surface area contributed by atoms with Gasteiger partial charge >= 0.3 is 0 Å². The van der Waals surface area contributed by atoms with Gasteiger partial charge in [0.2, 0.25) is 0 Å². The van der Waals surface area contributed by atoms with Crippen LogP contribution in [0.2, 0.25) is 0 Å². The molecule has 84 valence electrons. The Morgan fingerprint density at radius 1 is 1.36 bits per heavy atom. The molecule has 0 heterocycles. The largest absolute Gasteiger partial charge is 0.383 e. The Morgan fingerprint density at radius 2 is 2.00 bits per heavy atom. The Balaban J connectivity index is 2.23. The van der Waals surface area contributed by atoms with Gasteiger partial charge in [-0.1, -0.05) is 26.7 Å². The van der Waals surface area contributed by atoms with Crippen molar-refractivity contribution in [2.45, 2.75) is 52.0 Å². The highest BCUT2D eigenvalue weighted by molar-refractivity contribution is 4.83. The van der Waals surface area contributed by atoms with Crippen molar-refractivity contribution >= 4 is 0 Å². The fourth-order valence-electron chi connectivity index (χ4n) is 2.32. The Bertz CT molecular complexity index is 152. The van der Waals surface area contributed by atoms with E-state index in [1.54, 1.807) is 7.11 Å². The normalized spacial score (nSPS) is 22.5. The van der Waals surface area contributed by atoms with E-state index in [9.17, 15) is 0 Å². The predicted molar refractivity (Wildman–Crippen MR) is 60.5 cm³/mol. The van der Waals surface area contributed by atoms with Crippen molar-refractivity contribution in [2.75, 3.05) is 20.3 Å². The molecule has 0 saturated heterocycles. The summed E-state index contributed by atoms with van der Waals surface area (Å²) < 4.78 is 5.18. The molecule has 0 aromatic carbocycles. The number of ether oxygens (including phenoxy) is 1. The van der Waals surface area contributed by atoms with Gasteiger partial charge in [-0.05, 0) is 24.7 Å². The molecule has 0 spiro atoms. The molecular weight excluding hydrogens is 174 g/mol. The molecule has 1 aliphatic rings. The van der Waals surface area contributed by atoms with E-state index in [2.05, 4.69) is 19.2 Å². The van der Waals surface area contributed by atoms with Crippen LogP contribution in [0.5, 0.6) is 0 Å². The van der Waals surface area contributed by atoms with Crippen molar-refractivity contribution in [1.29, 1.82) is 0 Å². The van der Waals surface area contributed by atoms with Gasteiger partial charge in [-0.3, -0.25) is 0 Å². The molecular formula is C12H25NO. The van der Waals surface area contributed by atoms with Crippen LogP contribution in [0.25, 0.3) is 0 Å². The SMILES string of the molecule is CCC(COC)NCC1(C)CCCC1. The van der Waals surface area contributed by atoms with Crippen LogP contribution in [-0.2, 0) is 4.74 Å². The molecule has 1 unspecified atom stereocenters. The summed E-state index contributed by atoms with van der Waals surface area (Å²) in [6.07, 6.45) is 6.77. The lowest BCUT2D eigenvalue weighted by Gasteiger charge is -2.27. The molecule has 0 aromatic heterocycles. The van der Waals surface area contributed by atoms with Crippen molar-refractivity contribution in [3.8, 4) is 0 Å². The zero-order chi connectivity index (χ0) is 10.4. The second-order valence-corrected chi connectivity index (χ2v) is 4.96. The van der Waals surface area contributed by atoms with Gasteiger partial charge in [0.25, 0.3) is 0 Å². The van der Waals surface area contributed by atoms with Crippen LogP contribution in [0.15, 0.2) is 0 Å². The Labute approximate surface area is 88.4 Å². The lowest BCUT2D eigenvalue weighted by Crippen LogP contribution is -2.39. The van der Waals surface area contributed by atoms with E-state index in [1.165, 1.54) is 25.7 Å². The third kappa shape index (κ3) is 3.58. The first kappa shape index (κ1) is 12.0. The molecule has 0 radical (unpaired) electrons. The molecule has 0 bridgehead atoms. The minimum absolute atomic E-state index is 0.539. The van der Waals surface area contributed by atoms with E-state index in [1.807, 2.05) is 0 Å². The van der Waals surface area contributed by atoms with Crippen molar-refractivity contribution in [3.05, 3.63) is 0 Å². The van der Waals surface area contributed by atoms with Crippen LogP contribution >= 0.6 is 0 Å². The summed E-state index contributed by atoms with van der Waals surface area (Å²) in [5.74, 6) is 0. The highest BCUT2D eigenvalue weighted by Gasteiger charge is 2.28. The maximum atomic E-state index is 5.18. The highest BCUT2D eigenvalue weighted by atomic mass is 16.5. The molecule has 0 aromatic rings. The van der Waals surface area contributed by atoms with E-state index in [4.69, 9.17) is 4.74 Å². The minimum atomic E-state index is 0.539. The zero-order valence-corrected chi connectivity index (χ0v) is 9.94. The quantitative estimate of drug-likeness (QED) is 0.710. The van der Waals surface area contributed by atoms with Crippen molar-refractivity contribution < 1.29 is 4.74 Å². The summed E-state index contributed by atoms with van der Waals surface area (Å²) in [5, 5.41) is 3.63. The van der Waals surface area contributed by atoms with Gasteiger partial charge in [0.15, 0.2) is 0 Å². The topological polar surface area (TPSA) is 21.3 Å². The van der Waals surface area contributed by atoms with Crippen LogP contribution in [0.3, 0.4) is 0 Å². The van der Waals surface area contributed by atoms with E-state index in [0.29, 0.717) is 11.5 Å². The first-order valence-electron chi connectivity index (χ1n) is 5.92. The molecule has 1 rings (SSSR count). The lowest BCUT2D eigenvalue weighted by atomic mass is 9.88. The average Bonchev–Trinajstić information content (AvgIpc) is 2.60. The number of nitrogens with one attached hydrogen (secondary N) is 1. The van der Waals surface area contributed by atoms with Crippen LogP contribution < -0.4 is 5.32 Å². The van der Waals surface area contributed by atoms with E-state index < -0.39 is 0 Å². The summed E-state index contributed by atoms with van der Waals surface area (Å²) in [7, 11) is 1.78. The van der Waals surface area contributed by atoms with Gasteiger partial charge in [0.1, 0.15) is 0 Å². The average molecular weight is 199 g/mol. The second-order valence-electron chi connectivity index (χ2n) is 4.96.